The molecule has 0 saturated heterocycles. The Balaban J connectivity index is 2.25. The Hall–Kier alpha value is -2.69. The molecular formula is C21H26N2O3. The quantitative estimate of drug-likeness (QED) is 0.644. The van der Waals surface area contributed by atoms with E-state index in [0.29, 0.717) is 17.0 Å². The molecule has 0 amide bonds. The summed E-state index contributed by atoms with van der Waals surface area (Å²) in [6.45, 7) is 9.48. The molecule has 0 bridgehead atoms. The van der Waals surface area contributed by atoms with E-state index in [0.717, 1.165) is 5.56 Å². The molecule has 2 N–H and O–H groups in total. The van der Waals surface area contributed by atoms with Gasteiger partial charge in [-0.1, -0.05) is 32.0 Å². The average molecular weight is 354 g/mol. The molecule has 5 nitrogen and oxygen atoms in total. The SMILES string of the molecule is CC(C)c1cccc(C(=O)Cc2ccnc(C(=O)OC(C)(C)C)c2N)c1. The first-order valence-corrected chi connectivity index (χ1v) is 8.68. The predicted octanol–water partition coefficient (Wildman–Crippen LogP) is 4.17. The highest BCUT2D eigenvalue weighted by Crippen LogP contribution is 2.22. The molecule has 5 heteroatoms. The van der Waals surface area contributed by atoms with Crippen molar-refractivity contribution in [3.8, 4) is 0 Å². The summed E-state index contributed by atoms with van der Waals surface area (Å²) in [4.78, 5) is 28.9. The summed E-state index contributed by atoms with van der Waals surface area (Å²) in [5.74, 6) is -0.306. The first-order valence-electron chi connectivity index (χ1n) is 8.68. The Labute approximate surface area is 154 Å². The van der Waals surface area contributed by atoms with Crippen LogP contribution < -0.4 is 5.73 Å². The largest absolute Gasteiger partial charge is 0.455 e. The van der Waals surface area contributed by atoms with Crippen LogP contribution in [0.4, 0.5) is 5.69 Å². The van der Waals surface area contributed by atoms with E-state index in [4.69, 9.17) is 10.5 Å². The number of ketones is 1. The number of rotatable bonds is 5. The lowest BCUT2D eigenvalue weighted by atomic mass is 9.96. The fourth-order valence-electron chi connectivity index (χ4n) is 2.50. The van der Waals surface area contributed by atoms with Crippen LogP contribution in [0.25, 0.3) is 0 Å². The van der Waals surface area contributed by atoms with Gasteiger partial charge in [0.1, 0.15) is 5.60 Å². The molecule has 1 aromatic heterocycles. The van der Waals surface area contributed by atoms with Crippen LogP contribution in [0.2, 0.25) is 0 Å². The maximum atomic E-state index is 12.7. The number of esters is 1. The fourth-order valence-corrected chi connectivity index (χ4v) is 2.50. The predicted molar refractivity (Wildman–Crippen MR) is 102 cm³/mol. The van der Waals surface area contributed by atoms with Crippen LogP contribution >= 0.6 is 0 Å². The minimum atomic E-state index is -0.645. The van der Waals surface area contributed by atoms with E-state index in [1.807, 2.05) is 18.2 Å². The second-order valence-electron chi connectivity index (χ2n) is 7.61. The Morgan fingerprint density at radius 3 is 2.50 bits per heavy atom. The van der Waals surface area contributed by atoms with Crippen LogP contribution in [0, 0.1) is 0 Å². The van der Waals surface area contributed by atoms with Gasteiger partial charge in [0.25, 0.3) is 0 Å². The van der Waals surface area contributed by atoms with Crippen molar-refractivity contribution in [3.63, 3.8) is 0 Å². The minimum absolute atomic E-state index is 0.0427. The number of hydrogen-bond acceptors (Lipinski definition) is 5. The van der Waals surface area contributed by atoms with Gasteiger partial charge in [-0.15, -0.1) is 0 Å². The van der Waals surface area contributed by atoms with Gasteiger partial charge in [0.15, 0.2) is 11.5 Å². The van der Waals surface area contributed by atoms with Crippen LogP contribution in [0.5, 0.6) is 0 Å². The number of benzene rings is 1. The molecule has 1 heterocycles. The summed E-state index contributed by atoms with van der Waals surface area (Å²) in [7, 11) is 0. The van der Waals surface area contributed by atoms with Crippen molar-refractivity contribution < 1.29 is 14.3 Å². The maximum absolute atomic E-state index is 12.7. The standard InChI is InChI=1S/C21H26N2O3/c1-13(2)14-7-6-8-15(11-14)17(24)12-16-9-10-23-19(18(16)22)20(25)26-21(3,4)5/h6-11,13H,12,22H2,1-5H3. The second-order valence-corrected chi connectivity index (χ2v) is 7.61. The lowest BCUT2D eigenvalue weighted by Gasteiger charge is -2.20. The molecule has 0 saturated carbocycles. The summed E-state index contributed by atoms with van der Waals surface area (Å²) < 4.78 is 5.32. The number of nitrogen functional groups attached to an aromatic ring is 1. The molecule has 0 spiro atoms. The third-order valence-corrected chi connectivity index (χ3v) is 3.90. The number of nitrogens with zero attached hydrogens (tertiary/aromatic N) is 1. The lowest BCUT2D eigenvalue weighted by Crippen LogP contribution is -2.25. The highest BCUT2D eigenvalue weighted by molar-refractivity contribution is 6.00. The zero-order valence-corrected chi connectivity index (χ0v) is 16.0. The Bertz CT molecular complexity index is 820. The van der Waals surface area contributed by atoms with Crippen LogP contribution in [0.1, 0.15) is 72.5 Å². The number of anilines is 1. The normalized spacial score (nSPS) is 11.5. The summed E-state index contributed by atoms with van der Waals surface area (Å²) in [5.41, 5.74) is 7.99. The van der Waals surface area contributed by atoms with Gasteiger partial charge in [-0.2, -0.15) is 0 Å². The number of pyridine rings is 1. The molecule has 0 fully saturated rings. The number of aromatic nitrogens is 1. The van der Waals surface area contributed by atoms with Crippen LogP contribution in [-0.2, 0) is 11.2 Å². The topological polar surface area (TPSA) is 82.3 Å². The van der Waals surface area contributed by atoms with Crippen molar-refractivity contribution >= 4 is 17.4 Å². The molecule has 1 aromatic carbocycles. The first kappa shape index (κ1) is 19.6. The van der Waals surface area contributed by atoms with E-state index in [1.165, 1.54) is 6.20 Å². The third-order valence-electron chi connectivity index (χ3n) is 3.90. The zero-order chi connectivity index (χ0) is 19.5. The van der Waals surface area contributed by atoms with Crippen molar-refractivity contribution in [2.45, 2.75) is 52.6 Å². The van der Waals surface area contributed by atoms with E-state index < -0.39 is 11.6 Å². The first-order chi connectivity index (χ1) is 12.1. The molecule has 2 aromatic rings. The van der Waals surface area contributed by atoms with E-state index in [1.54, 1.807) is 32.9 Å². The number of ether oxygens (including phenoxy) is 1. The molecule has 0 aliphatic carbocycles. The summed E-state index contributed by atoms with van der Waals surface area (Å²) in [5, 5.41) is 0. The highest BCUT2D eigenvalue weighted by atomic mass is 16.6. The molecular weight excluding hydrogens is 328 g/mol. The Morgan fingerprint density at radius 2 is 1.88 bits per heavy atom. The summed E-state index contributed by atoms with van der Waals surface area (Å²) >= 11 is 0. The maximum Gasteiger partial charge on any atom is 0.359 e. The zero-order valence-electron chi connectivity index (χ0n) is 16.0. The number of Topliss-reactive ketones (excluding diaryl/α,β-unsaturated/α-hetero) is 1. The molecule has 2 rings (SSSR count). The molecule has 0 atom stereocenters. The Kier molecular flexibility index (Phi) is 5.80. The van der Waals surface area contributed by atoms with Gasteiger partial charge in [-0.25, -0.2) is 9.78 Å². The lowest BCUT2D eigenvalue weighted by molar-refractivity contribution is 0.00639. The van der Waals surface area contributed by atoms with E-state index in [-0.39, 0.29) is 23.6 Å². The Morgan fingerprint density at radius 1 is 1.19 bits per heavy atom. The van der Waals surface area contributed by atoms with Gasteiger partial charge in [0.2, 0.25) is 0 Å². The smallest absolute Gasteiger partial charge is 0.359 e. The van der Waals surface area contributed by atoms with Crippen molar-refractivity contribution in [3.05, 3.63) is 58.9 Å². The van der Waals surface area contributed by atoms with Gasteiger partial charge in [-0.05, 0) is 49.9 Å². The molecule has 0 aliphatic heterocycles. The number of carbonyl (C=O) groups excluding carboxylic acids is 2. The average Bonchev–Trinajstić information content (AvgIpc) is 2.55. The van der Waals surface area contributed by atoms with Gasteiger partial charge in [0.05, 0.1) is 5.69 Å². The van der Waals surface area contributed by atoms with Crippen LogP contribution in [0.3, 0.4) is 0 Å². The van der Waals surface area contributed by atoms with E-state index in [9.17, 15) is 9.59 Å². The van der Waals surface area contributed by atoms with Crippen LogP contribution in [-0.4, -0.2) is 22.3 Å². The summed E-state index contributed by atoms with van der Waals surface area (Å²) in [6.07, 6.45) is 1.58. The third kappa shape index (κ3) is 4.91. The van der Waals surface area contributed by atoms with E-state index in [2.05, 4.69) is 18.8 Å². The van der Waals surface area contributed by atoms with Crippen molar-refractivity contribution in [2.75, 3.05) is 5.73 Å². The fraction of sp³-hybridized carbons (Fsp3) is 0.381. The molecule has 0 unspecified atom stereocenters. The molecule has 26 heavy (non-hydrogen) atoms. The van der Waals surface area contributed by atoms with Crippen molar-refractivity contribution in [1.82, 2.24) is 4.98 Å². The summed E-state index contributed by atoms with van der Waals surface area (Å²) in [6, 6.07) is 9.24. The number of nitrogens with two attached hydrogens (primary N) is 1. The van der Waals surface area contributed by atoms with Gasteiger partial charge in [-0.3, -0.25) is 4.79 Å². The number of hydrogen-bond donors (Lipinski definition) is 1. The van der Waals surface area contributed by atoms with Gasteiger partial charge in [0, 0.05) is 18.2 Å². The second kappa shape index (κ2) is 7.68. The van der Waals surface area contributed by atoms with Gasteiger partial charge < -0.3 is 10.5 Å². The van der Waals surface area contributed by atoms with E-state index >= 15 is 0 Å². The van der Waals surface area contributed by atoms with Crippen LogP contribution in [0.15, 0.2) is 36.5 Å². The van der Waals surface area contributed by atoms with Crippen molar-refractivity contribution in [1.29, 1.82) is 0 Å². The molecule has 0 radical (unpaired) electrons. The minimum Gasteiger partial charge on any atom is -0.455 e. The van der Waals surface area contributed by atoms with Gasteiger partial charge >= 0.3 is 5.97 Å². The monoisotopic (exact) mass is 354 g/mol. The highest BCUT2D eigenvalue weighted by Gasteiger charge is 2.23. The molecule has 0 aliphatic rings. The van der Waals surface area contributed by atoms with Crippen molar-refractivity contribution in [2.24, 2.45) is 0 Å². The molecule has 138 valence electrons. The number of carbonyl (C=O) groups is 2.